The molecule has 0 bridgehead atoms. The Morgan fingerprint density at radius 3 is 2.75 bits per heavy atom. The van der Waals surface area contributed by atoms with Gasteiger partial charge in [0.25, 0.3) is 5.89 Å². The molecule has 0 unspecified atom stereocenters. The molecule has 0 aliphatic heterocycles. The van der Waals surface area contributed by atoms with Crippen LogP contribution in [0.15, 0.2) is 51.5 Å². The smallest absolute Gasteiger partial charge is 0.260 e. The zero-order valence-electron chi connectivity index (χ0n) is 10.2. The van der Waals surface area contributed by atoms with Gasteiger partial charge in [-0.15, -0.1) is 0 Å². The first-order valence-electron chi connectivity index (χ1n) is 5.79. The zero-order valence-corrected chi connectivity index (χ0v) is 12.5. The maximum absolute atomic E-state index is 5.99. The monoisotopic (exact) mass is 349 g/mol. The Hall–Kier alpha value is -1.85. The third-order valence-corrected chi connectivity index (χ3v) is 3.72. The lowest BCUT2D eigenvalue weighted by Crippen LogP contribution is -1.91. The summed E-state index contributed by atoms with van der Waals surface area (Å²) in [5.41, 5.74) is 8.04. The summed E-state index contributed by atoms with van der Waals surface area (Å²) in [6.45, 7) is 0. The van der Waals surface area contributed by atoms with Crippen molar-refractivity contribution >= 4 is 33.2 Å². The molecule has 0 atom stereocenters. The predicted molar refractivity (Wildman–Crippen MR) is 82.3 cm³/mol. The van der Waals surface area contributed by atoms with Crippen LogP contribution in [0.1, 0.15) is 0 Å². The molecule has 1 aromatic heterocycles. The van der Waals surface area contributed by atoms with Gasteiger partial charge >= 0.3 is 0 Å². The molecule has 0 amide bonds. The van der Waals surface area contributed by atoms with Crippen molar-refractivity contribution in [2.24, 2.45) is 0 Å². The van der Waals surface area contributed by atoms with Crippen LogP contribution in [0.4, 0.5) is 5.69 Å². The summed E-state index contributed by atoms with van der Waals surface area (Å²) in [6.07, 6.45) is 0. The minimum Gasteiger partial charge on any atom is -0.397 e. The van der Waals surface area contributed by atoms with Crippen molar-refractivity contribution in [3.63, 3.8) is 0 Å². The third kappa shape index (κ3) is 2.42. The molecule has 3 aromatic rings. The Morgan fingerprint density at radius 1 is 1.15 bits per heavy atom. The summed E-state index contributed by atoms with van der Waals surface area (Å²) < 4.78 is 6.07. The van der Waals surface area contributed by atoms with Gasteiger partial charge in [0.2, 0.25) is 5.82 Å². The molecule has 0 aliphatic rings. The minimum absolute atomic E-state index is 0.374. The molecule has 3 rings (SSSR count). The van der Waals surface area contributed by atoms with Crippen LogP contribution in [0.5, 0.6) is 0 Å². The normalized spacial score (nSPS) is 10.7. The second-order valence-electron chi connectivity index (χ2n) is 4.13. The van der Waals surface area contributed by atoms with Crippen LogP contribution in [0, 0.1) is 0 Å². The average Bonchev–Trinajstić information content (AvgIpc) is 2.91. The van der Waals surface area contributed by atoms with E-state index >= 15 is 0 Å². The highest BCUT2D eigenvalue weighted by Crippen LogP contribution is 2.31. The van der Waals surface area contributed by atoms with E-state index in [1.807, 2.05) is 30.3 Å². The third-order valence-electron chi connectivity index (χ3n) is 2.79. The lowest BCUT2D eigenvalue weighted by atomic mass is 10.2. The van der Waals surface area contributed by atoms with Crippen LogP contribution < -0.4 is 5.73 Å². The fraction of sp³-hybridized carbons (Fsp3) is 0. The second-order valence-corrected chi connectivity index (χ2v) is 5.43. The van der Waals surface area contributed by atoms with Crippen molar-refractivity contribution in [2.45, 2.75) is 0 Å². The number of nitrogen functional groups attached to an aromatic ring is 1. The molecule has 0 aliphatic carbocycles. The quantitative estimate of drug-likeness (QED) is 0.696. The number of para-hydroxylation sites is 1. The molecule has 6 heteroatoms. The molecule has 20 heavy (non-hydrogen) atoms. The highest BCUT2D eigenvalue weighted by molar-refractivity contribution is 9.10. The topological polar surface area (TPSA) is 64.9 Å². The molecule has 0 fully saturated rings. The van der Waals surface area contributed by atoms with Gasteiger partial charge in [0.05, 0.1) is 11.3 Å². The van der Waals surface area contributed by atoms with Crippen molar-refractivity contribution in [3.8, 4) is 22.8 Å². The fourth-order valence-corrected chi connectivity index (χ4v) is 2.36. The van der Waals surface area contributed by atoms with Crippen LogP contribution in [-0.2, 0) is 0 Å². The summed E-state index contributed by atoms with van der Waals surface area (Å²) in [4.78, 5) is 4.36. The van der Waals surface area contributed by atoms with Crippen LogP contribution in [0.2, 0.25) is 5.02 Å². The van der Waals surface area contributed by atoms with Crippen LogP contribution >= 0.6 is 27.5 Å². The highest BCUT2D eigenvalue weighted by Gasteiger charge is 2.14. The van der Waals surface area contributed by atoms with Crippen molar-refractivity contribution in [2.75, 3.05) is 5.73 Å². The lowest BCUT2D eigenvalue weighted by molar-refractivity contribution is 0.432. The van der Waals surface area contributed by atoms with Crippen molar-refractivity contribution < 1.29 is 4.52 Å². The first-order chi connectivity index (χ1) is 9.65. The number of halogens is 2. The molecule has 4 nitrogen and oxygen atoms in total. The van der Waals surface area contributed by atoms with E-state index in [0.717, 1.165) is 10.0 Å². The van der Waals surface area contributed by atoms with Gasteiger partial charge in [-0.05, 0) is 40.2 Å². The van der Waals surface area contributed by atoms with E-state index in [1.165, 1.54) is 0 Å². The number of aromatic nitrogens is 2. The fourth-order valence-electron chi connectivity index (χ4n) is 1.80. The Bertz CT molecular complexity index is 773. The molecule has 1 heterocycles. The van der Waals surface area contributed by atoms with Crippen LogP contribution in [-0.4, -0.2) is 10.1 Å². The summed E-state index contributed by atoms with van der Waals surface area (Å²) >= 11 is 9.32. The standard InChI is InChI=1S/C14H9BrClN3O/c15-11-6-2-5-10(12(11)17)14-18-13(19-20-14)8-3-1-4-9(16)7-8/h1-7H,17H2. The average molecular weight is 351 g/mol. The van der Waals surface area contributed by atoms with Crippen LogP contribution in [0.25, 0.3) is 22.8 Å². The number of anilines is 1. The predicted octanol–water partition coefficient (Wildman–Crippen LogP) is 4.40. The molecule has 2 N–H and O–H groups in total. The molecule has 2 aromatic carbocycles. The minimum atomic E-state index is 0.374. The molecular weight excluding hydrogens is 342 g/mol. The van der Waals surface area contributed by atoms with Gasteiger partial charge in [0.15, 0.2) is 0 Å². The van der Waals surface area contributed by atoms with Crippen molar-refractivity contribution in [1.29, 1.82) is 0 Å². The van der Waals surface area contributed by atoms with Gasteiger partial charge in [0.1, 0.15) is 0 Å². The Balaban J connectivity index is 2.04. The number of benzene rings is 2. The van der Waals surface area contributed by atoms with Gasteiger partial charge in [-0.2, -0.15) is 4.98 Å². The molecule has 100 valence electrons. The Labute approximate surface area is 128 Å². The summed E-state index contributed by atoms with van der Waals surface area (Å²) in [5.74, 6) is 0.848. The Kier molecular flexibility index (Phi) is 3.46. The zero-order chi connectivity index (χ0) is 14.1. The number of hydrogen-bond donors (Lipinski definition) is 1. The number of nitrogens with two attached hydrogens (primary N) is 1. The first-order valence-corrected chi connectivity index (χ1v) is 6.96. The summed E-state index contributed by atoms with van der Waals surface area (Å²) in [5, 5.41) is 4.58. The molecular formula is C14H9BrClN3O. The summed E-state index contributed by atoms with van der Waals surface area (Å²) in [7, 11) is 0. The van der Waals surface area contributed by atoms with Gasteiger partial charge in [-0.25, -0.2) is 0 Å². The van der Waals surface area contributed by atoms with Gasteiger partial charge in [0, 0.05) is 15.1 Å². The van der Waals surface area contributed by atoms with E-state index < -0.39 is 0 Å². The molecule has 0 spiro atoms. The van der Waals surface area contributed by atoms with Crippen molar-refractivity contribution in [1.82, 2.24) is 10.1 Å². The number of rotatable bonds is 2. The van der Waals surface area contributed by atoms with Crippen LogP contribution in [0.3, 0.4) is 0 Å². The van der Waals surface area contributed by atoms with E-state index in [1.54, 1.807) is 12.1 Å². The van der Waals surface area contributed by atoms with Gasteiger partial charge < -0.3 is 10.3 Å². The van der Waals surface area contributed by atoms with E-state index in [9.17, 15) is 0 Å². The Morgan fingerprint density at radius 2 is 1.95 bits per heavy atom. The number of nitrogens with zero attached hydrogens (tertiary/aromatic N) is 2. The SMILES string of the molecule is Nc1c(Br)cccc1-c1nc(-c2cccc(Cl)c2)no1. The maximum atomic E-state index is 5.99. The molecule has 0 saturated heterocycles. The molecule has 0 saturated carbocycles. The van der Waals surface area contributed by atoms with Gasteiger partial charge in [-0.3, -0.25) is 0 Å². The summed E-state index contributed by atoms with van der Waals surface area (Å²) in [6, 6.07) is 12.8. The maximum Gasteiger partial charge on any atom is 0.260 e. The van der Waals surface area contributed by atoms with Gasteiger partial charge in [-0.1, -0.05) is 35.0 Å². The highest BCUT2D eigenvalue weighted by atomic mass is 79.9. The first kappa shape index (κ1) is 13.1. The van der Waals surface area contributed by atoms with E-state index in [0.29, 0.717) is 28.0 Å². The number of hydrogen-bond acceptors (Lipinski definition) is 4. The van der Waals surface area contributed by atoms with E-state index in [-0.39, 0.29) is 0 Å². The van der Waals surface area contributed by atoms with Crippen molar-refractivity contribution in [3.05, 3.63) is 52.0 Å². The molecule has 0 radical (unpaired) electrons. The lowest BCUT2D eigenvalue weighted by Gasteiger charge is -2.01. The second kappa shape index (κ2) is 5.26. The largest absolute Gasteiger partial charge is 0.397 e. The van der Waals surface area contributed by atoms with E-state index in [4.69, 9.17) is 21.9 Å². The van der Waals surface area contributed by atoms with E-state index in [2.05, 4.69) is 26.1 Å².